The van der Waals surface area contributed by atoms with Crippen molar-refractivity contribution in [2.24, 2.45) is 0 Å². The normalized spacial score (nSPS) is 11.8. The number of nitrogens with zero attached hydrogens (tertiary/aromatic N) is 3. The molecule has 0 saturated heterocycles. The lowest BCUT2D eigenvalue weighted by molar-refractivity contribution is 0.102. The maximum Gasteiger partial charge on any atom is 0.255 e. The highest BCUT2D eigenvalue weighted by Crippen LogP contribution is 2.17. The number of amides is 1. The summed E-state index contributed by atoms with van der Waals surface area (Å²) < 4.78 is 27.0. The standard InChI is InChI=1S/C16H16N4O3S/c1-19(2)24(22,23)13-7-5-12(6-8-13)16(21)18-14-4-3-10-20-11-9-17-15(14)20/h3-11H,1-2H3,(H,18,21). The van der Waals surface area contributed by atoms with Crippen molar-refractivity contribution in [1.82, 2.24) is 13.7 Å². The lowest BCUT2D eigenvalue weighted by Crippen LogP contribution is -2.22. The van der Waals surface area contributed by atoms with Gasteiger partial charge in [0.1, 0.15) is 0 Å². The van der Waals surface area contributed by atoms with Gasteiger partial charge in [0, 0.05) is 38.2 Å². The van der Waals surface area contributed by atoms with Gasteiger partial charge in [-0.15, -0.1) is 0 Å². The van der Waals surface area contributed by atoms with Crippen molar-refractivity contribution in [2.45, 2.75) is 4.90 Å². The Kier molecular flexibility index (Phi) is 4.08. The van der Waals surface area contributed by atoms with Gasteiger partial charge in [0.2, 0.25) is 10.0 Å². The van der Waals surface area contributed by atoms with Gasteiger partial charge in [-0.2, -0.15) is 0 Å². The SMILES string of the molecule is CN(C)S(=O)(=O)c1ccc(C(=O)Nc2cccn3ccnc23)cc1. The molecule has 0 fully saturated rings. The van der Waals surface area contributed by atoms with E-state index in [1.165, 1.54) is 38.4 Å². The van der Waals surface area contributed by atoms with Crippen LogP contribution in [-0.2, 0) is 10.0 Å². The van der Waals surface area contributed by atoms with E-state index in [9.17, 15) is 13.2 Å². The lowest BCUT2D eigenvalue weighted by atomic mass is 10.2. The largest absolute Gasteiger partial charge is 0.319 e. The number of hydrogen-bond donors (Lipinski definition) is 1. The van der Waals surface area contributed by atoms with E-state index < -0.39 is 10.0 Å². The second-order valence-electron chi connectivity index (χ2n) is 5.35. The molecular formula is C16H16N4O3S. The molecule has 0 aliphatic carbocycles. The van der Waals surface area contributed by atoms with E-state index in [2.05, 4.69) is 10.3 Å². The average Bonchev–Trinajstić information content (AvgIpc) is 3.04. The molecule has 3 rings (SSSR count). The Morgan fingerprint density at radius 1 is 1.12 bits per heavy atom. The number of carbonyl (C=O) groups excluding carboxylic acids is 1. The van der Waals surface area contributed by atoms with Crippen molar-refractivity contribution in [3.63, 3.8) is 0 Å². The second kappa shape index (κ2) is 6.06. The fourth-order valence-electron chi connectivity index (χ4n) is 2.23. The van der Waals surface area contributed by atoms with Crippen molar-refractivity contribution in [3.05, 3.63) is 60.6 Å². The van der Waals surface area contributed by atoms with Gasteiger partial charge in [-0.1, -0.05) is 0 Å². The highest BCUT2D eigenvalue weighted by Gasteiger charge is 2.17. The number of carbonyl (C=O) groups is 1. The zero-order valence-corrected chi connectivity index (χ0v) is 14.0. The molecule has 2 heterocycles. The van der Waals surface area contributed by atoms with Crippen LogP contribution in [-0.4, -0.2) is 42.1 Å². The van der Waals surface area contributed by atoms with Gasteiger partial charge in [0.25, 0.3) is 5.91 Å². The highest BCUT2D eigenvalue weighted by atomic mass is 32.2. The molecule has 0 aliphatic rings. The molecule has 24 heavy (non-hydrogen) atoms. The summed E-state index contributed by atoms with van der Waals surface area (Å²) in [4.78, 5) is 16.7. The Labute approximate surface area is 139 Å². The number of fused-ring (bicyclic) bond motifs is 1. The van der Waals surface area contributed by atoms with Crippen LogP contribution < -0.4 is 5.32 Å². The molecule has 1 aromatic carbocycles. The number of rotatable bonds is 4. The third-order valence-corrected chi connectivity index (χ3v) is 5.39. The molecule has 3 aromatic rings. The number of anilines is 1. The van der Waals surface area contributed by atoms with Gasteiger partial charge in [-0.05, 0) is 36.4 Å². The van der Waals surface area contributed by atoms with E-state index in [1.807, 2.05) is 6.20 Å². The van der Waals surface area contributed by atoms with Crippen LogP contribution in [0.5, 0.6) is 0 Å². The first-order chi connectivity index (χ1) is 11.4. The Morgan fingerprint density at radius 3 is 2.50 bits per heavy atom. The second-order valence-corrected chi connectivity index (χ2v) is 7.50. The number of pyridine rings is 1. The van der Waals surface area contributed by atoms with Gasteiger partial charge >= 0.3 is 0 Å². The number of hydrogen-bond acceptors (Lipinski definition) is 4. The molecule has 0 spiro atoms. The molecule has 0 atom stereocenters. The molecule has 0 aliphatic heterocycles. The summed E-state index contributed by atoms with van der Waals surface area (Å²) in [5.74, 6) is -0.333. The maximum atomic E-state index is 12.4. The van der Waals surface area contributed by atoms with Crippen molar-refractivity contribution < 1.29 is 13.2 Å². The van der Waals surface area contributed by atoms with Gasteiger partial charge < -0.3 is 9.72 Å². The molecule has 0 saturated carbocycles. The highest BCUT2D eigenvalue weighted by molar-refractivity contribution is 7.89. The van der Waals surface area contributed by atoms with E-state index in [4.69, 9.17) is 0 Å². The molecule has 0 radical (unpaired) electrons. The summed E-state index contributed by atoms with van der Waals surface area (Å²) in [5.41, 5.74) is 1.58. The summed E-state index contributed by atoms with van der Waals surface area (Å²) in [6, 6.07) is 9.36. The molecule has 124 valence electrons. The van der Waals surface area contributed by atoms with Crippen molar-refractivity contribution >= 4 is 27.3 Å². The van der Waals surface area contributed by atoms with Crippen LogP contribution in [0.1, 0.15) is 10.4 Å². The van der Waals surface area contributed by atoms with E-state index in [0.717, 1.165) is 4.31 Å². The molecule has 0 bridgehead atoms. The summed E-state index contributed by atoms with van der Waals surface area (Å²) in [5, 5.41) is 2.79. The van der Waals surface area contributed by atoms with Gasteiger partial charge in [-0.25, -0.2) is 17.7 Å². The Hall–Kier alpha value is -2.71. The van der Waals surface area contributed by atoms with Crippen molar-refractivity contribution in [2.75, 3.05) is 19.4 Å². The fraction of sp³-hybridized carbons (Fsp3) is 0.125. The number of aromatic nitrogens is 2. The quantitative estimate of drug-likeness (QED) is 0.783. The summed E-state index contributed by atoms with van der Waals surface area (Å²) in [6.45, 7) is 0. The summed E-state index contributed by atoms with van der Waals surface area (Å²) >= 11 is 0. The number of sulfonamides is 1. The molecule has 8 heteroatoms. The first-order valence-corrected chi connectivity index (χ1v) is 8.59. The summed E-state index contributed by atoms with van der Waals surface area (Å²) in [6.07, 6.45) is 5.26. The molecular weight excluding hydrogens is 328 g/mol. The van der Waals surface area contributed by atoms with Gasteiger partial charge in [-0.3, -0.25) is 4.79 Å². The van der Waals surface area contributed by atoms with Crippen LogP contribution >= 0.6 is 0 Å². The number of imidazole rings is 1. The minimum absolute atomic E-state index is 0.138. The topological polar surface area (TPSA) is 83.8 Å². The van der Waals surface area contributed by atoms with Crippen LogP contribution in [0.4, 0.5) is 5.69 Å². The Morgan fingerprint density at radius 2 is 1.83 bits per heavy atom. The van der Waals surface area contributed by atoms with Crippen LogP contribution in [0, 0.1) is 0 Å². The van der Waals surface area contributed by atoms with E-state index in [1.54, 1.807) is 28.9 Å². The van der Waals surface area contributed by atoms with E-state index in [-0.39, 0.29) is 10.8 Å². The Balaban J connectivity index is 1.85. The van der Waals surface area contributed by atoms with E-state index in [0.29, 0.717) is 16.9 Å². The third-order valence-electron chi connectivity index (χ3n) is 3.56. The van der Waals surface area contributed by atoms with E-state index >= 15 is 0 Å². The fourth-order valence-corrected chi connectivity index (χ4v) is 3.13. The molecule has 1 N–H and O–H groups in total. The smallest absolute Gasteiger partial charge is 0.255 e. The zero-order valence-electron chi connectivity index (χ0n) is 13.2. The molecule has 2 aromatic heterocycles. The minimum atomic E-state index is -3.51. The van der Waals surface area contributed by atoms with Crippen LogP contribution in [0.2, 0.25) is 0 Å². The predicted octanol–water partition coefficient (Wildman–Crippen LogP) is 1.84. The monoisotopic (exact) mass is 344 g/mol. The van der Waals surface area contributed by atoms with Crippen molar-refractivity contribution in [3.8, 4) is 0 Å². The molecule has 0 unspecified atom stereocenters. The first-order valence-electron chi connectivity index (χ1n) is 7.15. The minimum Gasteiger partial charge on any atom is -0.319 e. The molecule has 7 nitrogen and oxygen atoms in total. The van der Waals surface area contributed by atoms with Crippen LogP contribution in [0.25, 0.3) is 5.65 Å². The van der Waals surface area contributed by atoms with Gasteiger partial charge in [0.05, 0.1) is 10.6 Å². The average molecular weight is 344 g/mol. The number of benzene rings is 1. The molecule has 1 amide bonds. The van der Waals surface area contributed by atoms with Crippen LogP contribution in [0.15, 0.2) is 59.9 Å². The van der Waals surface area contributed by atoms with Crippen molar-refractivity contribution in [1.29, 1.82) is 0 Å². The van der Waals surface area contributed by atoms with Gasteiger partial charge in [0.15, 0.2) is 5.65 Å². The maximum absolute atomic E-state index is 12.4. The summed E-state index contributed by atoms with van der Waals surface area (Å²) in [7, 11) is -0.592. The third kappa shape index (κ3) is 2.89. The first kappa shape index (κ1) is 16.2. The predicted molar refractivity (Wildman–Crippen MR) is 90.5 cm³/mol. The Bertz CT molecular complexity index is 992. The van der Waals surface area contributed by atoms with Crippen LogP contribution in [0.3, 0.4) is 0 Å². The lowest BCUT2D eigenvalue weighted by Gasteiger charge is -2.11. The number of nitrogens with one attached hydrogen (secondary N) is 1. The zero-order chi connectivity index (χ0) is 17.3.